The van der Waals surface area contributed by atoms with E-state index in [-0.39, 0.29) is 12.1 Å². The van der Waals surface area contributed by atoms with Crippen molar-refractivity contribution in [1.29, 1.82) is 0 Å². The van der Waals surface area contributed by atoms with E-state index >= 15 is 0 Å². The van der Waals surface area contributed by atoms with Crippen LogP contribution in [0.3, 0.4) is 0 Å². The van der Waals surface area contributed by atoms with Gasteiger partial charge in [0.25, 0.3) is 0 Å². The highest BCUT2D eigenvalue weighted by Crippen LogP contribution is 2.35. The van der Waals surface area contributed by atoms with Gasteiger partial charge in [0.2, 0.25) is 0 Å². The number of carbonyl (C=O) groups is 1. The number of likely N-dealkylation sites (tertiary alicyclic amines) is 1. The first-order valence-corrected chi connectivity index (χ1v) is 7.27. The average molecular weight is 288 g/mol. The van der Waals surface area contributed by atoms with Gasteiger partial charge in [0.05, 0.1) is 6.04 Å². The van der Waals surface area contributed by atoms with Gasteiger partial charge in [0.15, 0.2) is 0 Å². The van der Waals surface area contributed by atoms with Crippen molar-refractivity contribution in [2.45, 2.75) is 45.3 Å². The first kappa shape index (κ1) is 13.9. The second-order valence-electron chi connectivity index (χ2n) is 6.39. The largest absolute Gasteiger partial charge is 0.459 e. The van der Waals surface area contributed by atoms with E-state index in [0.29, 0.717) is 6.54 Å². The fourth-order valence-electron chi connectivity index (χ4n) is 2.67. The zero-order valence-electron chi connectivity index (χ0n) is 12.6. The minimum Gasteiger partial charge on any atom is -0.459 e. The molecule has 0 aliphatic carbocycles. The number of rotatable bonds is 1. The molecule has 1 aliphatic heterocycles. The number of ether oxygens (including phenoxy) is 1. The zero-order chi connectivity index (χ0) is 15.0. The molecule has 3 rings (SSSR count). The summed E-state index contributed by atoms with van der Waals surface area (Å²) in [6.45, 7) is 6.34. The van der Waals surface area contributed by atoms with Crippen LogP contribution in [0.2, 0.25) is 0 Å². The predicted octanol–water partition coefficient (Wildman–Crippen LogP) is 3.90. The molecule has 2 aromatic rings. The van der Waals surface area contributed by atoms with Crippen LogP contribution in [0.1, 0.15) is 45.4 Å². The molecule has 0 aromatic carbocycles. The van der Waals surface area contributed by atoms with Gasteiger partial charge in [-0.05, 0) is 45.7 Å². The molecule has 1 fully saturated rings. The van der Waals surface area contributed by atoms with Crippen LogP contribution >= 0.6 is 0 Å². The lowest BCUT2D eigenvalue weighted by atomic mass is 10.1. The quantitative estimate of drug-likeness (QED) is 0.798. The van der Waals surface area contributed by atoms with Gasteiger partial charge < -0.3 is 9.15 Å². The summed E-state index contributed by atoms with van der Waals surface area (Å²) in [5.74, 6) is 0.807. The molecular weight excluding hydrogens is 268 g/mol. The molecule has 1 aliphatic rings. The van der Waals surface area contributed by atoms with Crippen LogP contribution in [0.4, 0.5) is 4.79 Å². The normalized spacial score (nSPS) is 19.2. The Balaban J connectivity index is 1.85. The van der Waals surface area contributed by atoms with Gasteiger partial charge in [-0.1, -0.05) is 0 Å². The molecule has 0 radical (unpaired) electrons. The lowest BCUT2D eigenvalue weighted by molar-refractivity contribution is 0.0209. The predicted molar refractivity (Wildman–Crippen MR) is 78.9 cm³/mol. The highest BCUT2D eigenvalue weighted by molar-refractivity contribution is 5.77. The second kappa shape index (κ2) is 5.06. The Morgan fingerprint density at radius 2 is 2.29 bits per heavy atom. The highest BCUT2D eigenvalue weighted by atomic mass is 16.6. The van der Waals surface area contributed by atoms with Crippen LogP contribution in [0.25, 0.3) is 11.0 Å². The van der Waals surface area contributed by atoms with Crippen molar-refractivity contribution in [2.75, 3.05) is 6.54 Å². The summed E-state index contributed by atoms with van der Waals surface area (Å²) in [6, 6.07) is 3.76. The molecule has 0 spiro atoms. The Morgan fingerprint density at radius 1 is 1.48 bits per heavy atom. The first-order valence-electron chi connectivity index (χ1n) is 7.27. The average Bonchev–Trinajstić information content (AvgIpc) is 3.02. The van der Waals surface area contributed by atoms with E-state index in [1.54, 1.807) is 17.3 Å². The van der Waals surface area contributed by atoms with Gasteiger partial charge in [-0.15, -0.1) is 0 Å². The maximum absolute atomic E-state index is 12.3. The van der Waals surface area contributed by atoms with Crippen molar-refractivity contribution in [3.05, 3.63) is 30.3 Å². The van der Waals surface area contributed by atoms with Crippen LogP contribution in [-0.2, 0) is 4.74 Å². The Bertz CT molecular complexity index is 624. The molecule has 0 bridgehead atoms. The molecular formula is C16H20N2O3. The van der Waals surface area contributed by atoms with E-state index in [2.05, 4.69) is 4.98 Å². The minimum absolute atomic E-state index is 0.0488. The number of hydrogen-bond donors (Lipinski definition) is 0. The van der Waals surface area contributed by atoms with Gasteiger partial charge in [0, 0.05) is 24.3 Å². The molecule has 3 heterocycles. The molecule has 0 N–H and O–H groups in total. The lowest BCUT2D eigenvalue weighted by Gasteiger charge is -2.27. The summed E-state index contributed by atoms with van der Waals surface area (Å²) in [5, 5.41) is 0.962. The van der Waals surface area contributed by atoms with Crippen LogP contribution in [0.15, 0.2) is 28.9 Å². The summed E-state index contributed by atoms with van der Waals surface area (Å²) in [7, 11) is 0. The third-order valence-electron chi connectivity index (χ3n) is 3.54. The van der Waals surface area contributed by atoms with E-state index in [4.69, 9.17) is 9.15 Å². The van der Waals surface area contributed by atoms with Crippen LogP contribution in [0.5, 0.6) is 0 Å². The standard InChI is InChI=1S/C16H20N2O3/c1-16(2,3)21-15(19)18-8-4-5-12(18)14-9-11-10-17-7-6-13(11)20-14/h6-7,9-10,12H,4-5,8H2,1-3H3. The van der Waals surface area contributed by atoms with Crippen LogP contribution in [0, 0.1) is 0 Å². The van der Waals surface area contributed by atoms with Crippen molar-refractivity contribution in [3.8, 4) is 0 Å². The summed E-state index contributed by atoms with van der Waals surface area (Å²) in [5.41, 5.74) is 0.318. The van der Waals surface area contributed by atoms with E-state index in [0.717, 1.165) is 29.6 Å². The fourth-order valence-corrected chi connectivity index (χ4v) is 2.67. The smallest absolute Gasteiger partial charge is 0.410 e. The number of amides is 1. The molecule has 1 atom stereocenters. The Labute approximate surface area is 123 Å². The summed E-state index contributed by atoms with van der Waals surface area (Å²) in [6.07, 6.45) is 5.06. The van der Waals surface area contributed by atoms with Crippen molar-refractivity contribution in [3.63, 3.8) is 0 Å². The number of furan rings is 1. The Morgan fingerprint density at radius 3 is 3.00 bits per heavy atom. The van der Waals surface area contributed by atoms with Crippen molar-refractivity contribution < 1.29 is 13.9 Å². The summed E-state index contributed by atoms with van der Waals surface area (Å²) in [4.78, 5) is 18.2. The second-order valence-corrected chi connectivity index (χ2v) is 6.39. The lowest BCUT2D eigenvalue weighted by Crippen LogP contribution is -2.36. The SMILES string of the molecule is CC(C)(C)OC(=O)N1CCCC1c1cc2cnccc2o1. The van der Waals surface area contributed by atoms with Crippen molar-refractivity contribution in [2.24, 2.45) is 0 Å². The maximum atomic E-state index is 12.3. The molecule has 1 unspecified atom stereocenters. The summed E-state index contributed by atoms with van der Waals surface area (Å²) >= 11 is 0. The van der Waals surface area contributed by atoms with Crippen LogP contribution < -0.4 is 0 Å². The molecule has 21 heavy (non-hydrogen) atoms. The maximum Gasteiger partial charge on any atom is 0.410 e. The molecule has 2 aromatic heterocycles. The monoisotopic (exact) mass is 288 g/mol. The van der Waals surface area contributed by atoms with Gasteiger partial charge >= 0.3 is 6.09 Å². The number of aromatic nitrogens is 1. The molecule has 5 nitrogen and oxygen atoms in total. The minimum atomic E-state index is -0.484. The fraction of sp³-hybridized carbons (Fsp3) is 0.500. The number of carbonyl (C=O) groups excluding carboxylic acids is 1. The first-order chi connectivity index (χ1) is 9.94. The zero-order valence-corrected chi connectivity index (χ0v) is 12.6. The summed E-state index contributed by atoms with van der Waals surface area (Å²) < 4.78 is 11.4. The molecule has 5 heteroatoms. The van der Waals surface area contributed by atoms with Crippen LogP contribution in [-0.4, -0.2) is 28.1 Å². The molecule has 1 amide bonds. The van der Waals surface area contributed by atoms with Gasteiger partial charge in [-0.25, -0.2) is 4.79 Å². The van der Waals surface area contributed by atoms with Crippen molar-refractivity contribution >= 4 is 17.1 Å². The Hall–Kier alpha value is -2.04. The van der Waals surface area contributed by atoms with E-state index in [1.807, 2.05) is 32.9 Å². The Kier molecular flexibility index (Phi) is 3.35. The van der Waals surface area contributed by atoms with Gasteiger partial charge in [0.1, 0.15) is 16.9 Å². The van der Waals surface area contributed by atoms with E-state index < -0.39 is 5.60 Å². The molecule has 112 valence electrons. The van der Waals surface area contributed by atoms with Gasteiger partial charge in [-0.2, -0.15) is 0 Å². The number of pyridine rings is 1. The number of fused-ring (bicyclic) bond motifs is 1. The van der Waals surface area contributed by atoms with E-state index in [1.165, 1.54) is 0 Å². The topological polar surface area (TPSA) is 55.6 Å². The van der Waals surface area contributed by atoms with Gasteiger partial charge in [-0.3, -0.25) is 9.88 Å². The third kappa shape index (κ3) is 2.86. The third-order valence-corrected chi connectivity index (χ3v) is 3.54. The molecule has 1 saturated heterocycles. The van der Waals surface area contributed by atoms with Crippen molar-refractivity contribution in [1.82, 2.24) is 9.88 Å². The highest BCUT2D eigenvalue weighted by Gasteiger charge is 2.35. The molecule has 0 saturated carbocycles. The number of hydrogen-bond acceptors (Lipinski definition) is 4. The number of nitrogens with zero attached hydrogens (tertiary/aromatic N) is 2. The van der Waals surface area contributed by atoms with E-state index in [9.17, 15) is 4.79 Å².